The van der Waals surface area contributed by atoms with Crippen molar-refractivity contribution in [2.45, 2.75) is 13.3 Å². The number of benzene rings is 2. The topological polar surface area (TPSA) is 127 Å². The van der Waals surface area contributed by atoms with Gasteiger partial charge in [-0.2, -0.15) is 0 Å². The summed E-state index contributed by atoms with van der Waals surface area (Å²) in [7, 11) is 0. The van der Waals surface area contributed by atoms with Gasteiger partial charge in [-0.1, -0.05) is 47.2 Å². The average molecular weight is 446 g/mol. The van der Waals surface area contributed by atoms with Crippen LogP contribution in [0.25, 0.3) is 0 Å². The van der Waals surface area contributed by atoms with E-state index in [1.165, 1.54) is 6.07 Å². The molecule has 154 valence electrons. The van der Waals surface area contributed by atoms with Gasteiger partial charge < -0.3 is 5.32 Å². The van der Waals surface area contributed by atoms with Crippen LogP contribution in [0.15, 0.2) is 42.5 Å². The molecule has 3 aromatic rings. The number of hydrogen-bond donors (Lipinski definition) is 2. The van der Waals surface area contributed by atoms with Crippen molar-refractivity contribution in [1.82, 2.24) is 15.5 Å². The Labute approximate surface area is 180 Å². The zero-order chi connectivity index (χ0) is 21.7. The van der Waals surface area contributed by atoms with Crippen LogP contribution in [0.4, 0.5) is 10.8 Å². The molecular weight excluding hydrogens is 430 g/mol. The minimum Gasteiger partial charge on any atom is -0.352 e. The van der Waals surface area contributed by atoms with Gasteiger partial charge in [-0.3, -0.25) is 25.0 Å². The van der Waals surface area contributed by atoms with Gasteiger partial charge in [-0.25, -0.2) is 0 Å². The summed E-state index contributed by atoms with van der Waals surface area (Å²) in [5.74, 6) is -0.939. The third-order valence-electron chi connectivity index (χ3n) is 4.10. The second-order valence-corrected chi connectivity index (χ2v) is 7.64. The van der Waals surface area contributed by atoms with Gasteiger partial charge in [-0.15, -0.1) is 10.2 Å². The smallest absolute Gasteiger partial charge is 0.285 e. The van der Waals surface area contributed by atoms with Crippen molar-refractivity contribution in [3.63, 3.8) is 0 Å². The summed E-state index contributed by atoms with van der Waals surface area (Å²) < 4.78 is 0. The lowest BCUT2D eigenvalue weighted by atomic mass is 10.1. The lowest BCUT2D eigenvalue weighted by molar-refractivity contribution is -0.385. The van der Waals surface area contributed by atoms with E-state index in [4.69, 9.17) is 11.6 Å². The number of hydrogen-bond acceptors (Lipinski definition) is 7. The summed E-state index contributed by atoms with van der Waals surface area (Å²) >= 11 is 7.12. The number of nitro groups is 1. The minimum atomic E-state index is -0.639. The van der Waals surface area contributed by atoms with Gasteiger partial charge in [0.2, 0.25) is 5.13 Å². The SMILES string of the molecule is Cc1cccc(C(=O)Nc2nnc(CCNC(=O)c3ccccc3Cl)s2)c1[N+](=O)[O-]. The van der Waals surface area contributed by atoms with E-state index >= 15 is 0 Å². The maximum atomic E-state index is 12.4. The van der Waals surface area contributed by atoms with Crippen molar-refractivity contribution in [2.24, 2.45) is 0 Å². The zero-order valence-electron chi connectivity index (χ0n) is 15.7. The first-order valence-corrected chi connectivity index (χ1v) is 9.96. The Kier molecular flexibility index (Phi) is 6.70. The van der Waals surface area contributed by atoms with E-state index in [2.05, 4.69) is 20.8 Å². The van der Waals surface area contributed by atoms with Crippen LogP contribution in [-0.2, 0) is 6.42 Å². The van der Waals surface area contributed by atoms with Crippen molar-refractivity contribution in [2.75, 3.05) is 11.9 Å². The summed E-state index contributed by atoms with van der Waals surface area (Å²) in [5, 5.41) is 25.5. The van der Waals surface area contributed by atoms with Gasteiger partial charge in [0.15, 0.2) is 0 Å². The number of nitrogens with one attached hydrogen (secondary N) is 2. The number of rotatable bonds is 7. The highest BCUT2D eigenvalue weighted by molar-refractivity contribution is 7.15. The van der Waals surface area contributed by atoms with Crippen molar-refractivity contribution < 1.29 is 14.5 Å². The standard InChI is InChI=1S/C19H16ClN5O4S/c1-11-5-4-7-13(16(11)25(28)29)18(27)22-19-24-23-15(30-19)9-10-21-17(26)12-6-2-3-8-14(12)20/h2-8H,9-10H2,1H3,(H,21,26)(H,22,24,27). The molecule has 1 heterocycles. The van der Waals surface area contributed by atoms with Gasteiger partial charge in [0.25, 0.3) is 17.5 Å². The maximum absolute atomic E-state index is 12.4. The van der Waals surface area contributed by atoms with Crippen LogP contribution in [-0.4, -0.2) is 33.5 Å². The normalized spacial score (nSPS) is 10.5. The molecule has 0 aliphatic carbocycles. The summed E-state index contributed by atoms with van der Waals surface area (Å²) in [6.45, 7) is 1.87. The van der Waals surface area contributed by atoms with Crippen LogP contribution in [0.2, 0.25) is 5.02 Å². The molecule has 0 fully saturated rings. The Morgan fingerprint density at radius 2 is 1.83 bits per heavy atom. The van der Waals surface area contributed by atoms with Crippen molar-refractivity contribution in [3.8, 4) is 0 Å². The van der Waals surface area contributed by atoms with Crippen LogP contribution in [0.1, 0.15) is 31.3 Å². The fraction of sp³-hybridized carbons (Fsp3) is 0.158. The van der Waals surface area contributed by atoms with Crippen LogP contribution in [0.5, 0.6) is 0 Å². The predicted octanol–water partition coefficient (Wildman–Crippen LogP) is 3.63. The Morgan fingerprint density at radius 1 is 1.10 bits per heavy atom. The third-order valence-corrected chi connectivity index (χ3v) is 5.32. The predicted molar refractivity (Wildman–Crippen MR) is 113 cm³/mol. The first kappa shape index (κ1) is 21.3. The summed E-state index contributed by atoms with van der Waals surface area (Å²) in [6.07, 6.45) is 0.397. The monoisotopic (exact) mass is 445 g/mol. The van der Waals surface area contributed by atoms with Crippen LogP contribution in [0, 0.1) is 17.0 Å². The highest BCUT2D eigenvalue weighted by Gasteiger charge is 2.23. The first-order valence-electron chi connectivity index (χ1n) is 8.77. The van der Waals surface area contributed by atoms with E-state index in [0.29, 0.717) is 34.1 Å². The molecule has 0 aliphatic heterocycles. The average Bonchev–Trinajstić information content (AvgIpc) is 3.14. The zero-order valence-corrected chi connectivity index (χ0v) is 17.3. The van der Waals surface area contributed by atoms with Crippen LogP contribution in [0.3, 0.4) is 0 Å². The van der Waals surface area contributed by atoms with E-state index in [-0.39, 0.29) is 22.3 Å². The number of carbonyl (C=O) groups is 2. The van der Waals surface area contributed by atoms with Gasteiger partial charge in [0, 0.05) is 18.5 Å². The molecule has 0 spiro atoms. The molecule has 2 aromatic carbocycles. The quantitative estimate of drug-likeness (QED) is 0.422. The largest absolute Gasteiger partial charge is 0.352 e. The second kappa shape index (κ2) is 9.42. The molecule has 0 radical (unpaired) electrons. The molecule has 11 heteroatoms. The summed E-state index contributed by atoms with van der Waals surface area (Å²) in [6, 6.07) is 11.2. The van der Waals surface area contributed by atoms with Crippen molar-refractivity contribution in [1.29, 1.82) is 0 Å². The lowest BCUT2D eigenvalue weighted by Crippen LogP contribution is -2.25. The third kappa shape index (κ3) is 4.97. The summed E-state index contributed by atoms with van der Waals surface area (Å²) in [4.78, 5) is 35.3. The van der Waals surface area contributed by atoms with E-state index in [1.54, 1.807) is 43.3 Å². The molecule has 0 bridgehead atoms. The second-order valence-electron chi connectivity index (χ2n) is 6.17. The molecule has 1 aromatic heterocycles. The van der Waals surface area contributed by atoms with E-state index < -0.39 is 10.8 Å². The molecule has 0 aliphatic rings. The number of para-hydroxylation sites is 1. The molecule has 0 saturated carbocycles. The molecule has 9 nitrogen and oxygen atoms in total. The number of halogens is 1. The maximum Gasteiger partial charge on any atom is 0.285 e. The first-order chi connectivity index (χ1) is 14.4. The van der Waals surface area contributed by atoms with Gasteiger partial charge in [0.1, 0.15) is 10.6 Å². The van der Waals surface area contributed by atoms with Gasteiger partial charge in [0.05, 0.1) is 15.5 Å². The van der Waals surface area contributed by atoms with Gasteiger partial charge >= 0.3 is 0 Å². The molecule has 0 atom stereocenters. The Balaban J connectivity index is 1.59. The molecule has 2 N–H and O–H groups in total. The minimum absolute atomic E-state index is 0.0521. The molecule has 3 rings (SSSR count). The van der Waals surface area contributed by atoms with Crippen LogP contribution >= 0.6 is 22.9 Å². The molecule has 0 unspecified atom stereocenters. The number of amides is 2. The van der Waals surface area contributed by atoms with E-state index in [9.17, 15) is 19.7 Å². The van der Waals surface area contributed by atoms with E-state index in [1.807, 2.05) is 0 Å². The molecule has 2 amide bonds. The number of aromatic nitrogens is 2. The lowest BCUT2D eigenvalue weighted by Gasteiger charge is -2.05. The Morgan fingerprint density at radius 3 is 2.57 bits per heavy atom. The molecular formula is C19H16ClN5O4S. The molecule has 30 heavy (non-hydrogen) atoms. The highest BCUT2D eigenvalue weighted by Crippen LogP contribution is 2.25. The number of carbonyl (C=O) groups excluding carboxylic acids is 2. The number of nitro benzene ring substituents is 1. The summed E-state index contributed by atoms with van der Waals surface area (Å²) in [5.41, 5.74) is 0.467. The van der Waals surface area contributed by atoms with Gasteiger partial charge in [-0.05, 0) is 25.1 Å². The highest BCUT2D eigenvalue weighted by atomic mass is 35.5. The Bertz CT molecular complexity index is 1120. The fourth-order valence-corrected chi connectivity index (χ4v) is 3.63. The van der Waals surface area contributed by atoms with E-state index in [0.717, 1.165) is 11.3 Å². The van der Waals surface area contributed by atoms with Crippen molar-refractivity contribution in [3.05, 3.63) is 79.3 Å². The van der Waals surface area contributed by atoms with Crippen molar-refractivity contribution >= 4 is 45.6 Å². The number of nitrogens with zero attached hydrogens (tertiary/aromatic N) is 3. The Hall–Kier alpha value is -3.37. The number of aryl methyl sites for hydroxylation is 1. The number of anilines is 1. The fourth-order valence-electron chi connectivity index (χ4n) is 2.68. The molecule has 0 saturated heterocycles. The van der Waals surface area contributed by atoms with Crippen LogP contribution < -0.4 is 10.6 Å².